The third kappa shape index (κ3) is 5.54. The van der Waals surface area contributed by atoms with E-state index in [1.807, 2.05) is 24.6 Å². The van der Waals surface area contributed by atoms with E-state index in [1.54, 1.807) is 43.8 Å². The first kappa shape index (κ1) is 24.5. The molecule has 1 saturated heterocycles. The Morgan fingerprint density at radius 1 is 1.18 bits per heavy atom. The lowest BCUT2D eigenvalue weighted by Crippen LogP contribution is -2.33. The lowest BCUT2D eigenvalue weighted by Gasteiger charge is -2.31. The SMILES string of the molecule is COc1ccc(CN2CCC(c3ncsc3CNC(=O)c3cccc(Cl)c3C)CC2)cc1OC. The van der Waals surface area contributed by atoms with Crippen LogP contribution in [-0.2, 0) is 13.1 Å². The quantitative estimate of drug-likeness (QED) is 0.447. The van der Waals surface area contributed by atoms with Gasteiger partial charge in [0.15, 0.2) is 11.5 Å². The van der Waals surface area contributed by atoms with Crippen molar-refractivity contribution in [2.75, 3.05) is 27.3 Å². The number of aromatic nitrogens is 1. The summed E-state index contributed by atoms with van der Waals surface area (Å²) < 4.78 is 10.8. The Morgan fingerprint density at radius 3 is 2.68 bits per heavy atom. The van der Waals surface area contributed by atoms with Crippen molar-refractivity contribution in [3.8, 4) is 11.5 Å². The second-order valence-corrected chi connectivity index (χ2v) is 9.84. The van der Waals surface area contributed by atoms with E-state index in [1.165, 1.54) is 5.56 Å². The highest BCUT2D eigenvalue weighted by Gasteiger charge is 2.25. The number of likely N-dealkylation sites (tertiary alicyclic amines) is 1. The van der Waals surface area contributed by atoms with Gasteiger partial charge in [-0.2, -0.15) is 0 Å². The van der Waals surface area contributed by atoms with Gasteiger partial charge in [0.25, 0.3) is 5.91 Å². The second kappa shape index (κ2) is 11.2. The molecule has 2 aromatic carbocycles. The van der Waals surface area contributed by atoms with Crippen LogP contribution in [0.2, 0.25) is 5.02 Å². The molecule has 0 saturated carbocycles. The average Bonchev–Trinajstić information content (AvgIpc) is 3.33. The summed E-state index contributed by atoms with van der Waals surface area (Å²) in [5, 5.41) is 3.65. The highest BCUT2D eigenvalue weighted by molar-refractivity contribution is 7.09. The van der Waals surface area contributed by atoms with E-state index < -0.39 is 0 Å². The van der Waals surface area contributed by atoms with Gasteiger partial charge < -0.3 is 14.8 Å². The predicted molar refractivity (Wildman–Crippen MR) is 136 cm³/mol. The van der Waals surface area contributed by atoms with Gasteiger partial charge in [0.05, 0.1) is 32.0 Å². The van der Waals surface area contributed by atoms with Gasteiger partial charge in [-0.25, -0.2) is 4.98 Å². The molecule has 34 heavy (non-hydrogen) atoms. The zero-order chi connectivity index (χ0) is 24.1. The minimum Gasteiger partial charge on any atom is -0.493 e. The van der Waals surface area contributed by atoms with E-state index >= 15 is 0 Å². The first-order valence-corrected chi connectivity index (χ1v) is 12.6. The number of benzene rings is 2. The molecule has 1 aromatic heterocycles. The number of halogens is 1. The van der Waals surface area contributed by atoms with Crippen molar-refractivity contribution in [1.82, 2.24) is 15.2 Å². The number of methoxy groups -OCH3 is 2. The number of carbonyl (C=O) groups excluding carboxylic acids is 1. The van der Waals surface area contributed by atoms with E-state index in [9.17, 15) is 4.79 Å². The van der Waals surface area contributed by atoms with E-state index in [-0.39, 0.29) is 5.91 Å². The van der Waals surface area contributed by atoms with Crippen LogP contribution in [0.1, 0.15) is 50.8 Å². The maximum atomic E-state index is 12.7. The summed E-state index contributed by atoms with van der Waals surface area (Å²) in [6, 6.07) is 11.5. The Bertz CT molecular complexity index is 1140. The van der Waals surface area contributed by atoms with Crippen LogP contribution in [0, 0.1) is 6.92 Å². The van der Waals surface area contributed by atoms with Crippen LogP contribution in [0.15, 0.2) is 41.9 Å². The summed E-state index contributed by atoms with van der Waals surface area (Å²) in [7, 11) is 3.32. The number of piperidine rings is 1. The van der Waals surface area contributed by atoms with Crippen LogP contribution in [0.4, 0.5) is 0 Å². The van der Waals surface area contributed by atoms with Gasteiger partial charge in [-0.1, -0.05) is 23.7 Å². The fraction of sp³-hybridized carbons (Fsp3) is 0.385. The third-order valence-corrected chi connectivity index (χ3v) is 7.68. The van der Waals surface area contributed by atoms with E-state index in [0.29, 0.717) is 23.0 Å². The standard InChI is InChI=1S/C26H30ClN3O3S/c1-17-20(5-4-6-21(17)27)26(31)28-14-24-25(29-16-34-24)19-9-11-30(12-10-19)15-18-7-8-22(32-2)23(13-18)33-3/h4-8,13,16,19H,9-12,14-15H2,1-3H3,(H,28,31). The Balaban J connectivity index is 1.33. The number of carbonyl (C=O) groups is 1. The van der Waals surface area contributed by atoms with Gasteiger partial charge in [-0.3, -0.25) is 9.69 Å². The number of rotatable bonds is 8. The number of nitrogens with zero attached hydrogens (tertiary/aromatic N) is 2. The summed E-state index contributed by atoms with van der Waals surface area (Å²) in [4.78, 5) is 21.0. The van der Waals surface area contributed by atoms with Crippen molar-refractivity contribution in [2.45, 2.75) is 38.8 Å². The van der Waals surface area contributed by atoms with Crippen LogP contribution in [0.3, 0.4) is 0 Å². The molecule has 1 amide bonds. The summed E-state index contributed by atoms with van der Waals surface area (Å²) in [6.07, 6.45) is 2.09. The Labute approximate surface area is 209 Å². The molecule has 1 aliphatic rings. The molecule has 0 unspecified atom stereocenters. The largest absolute Gasteiger partial charge is 0.493 e. The molecule has 6 nitrogen and oxygen atoms in total. The zero-order valence-electron chi connectivity index (χ0n) is 19.8. The van der Waals surface area contributed by atoms with Crippen molar-refractivity contribution in [1.29, 1.82) is 0 Å². The molecule has 8 heteroatoms. The number of thiazole rings is 1. The maximum Gasteiger partial charge on any atom is 0.251 e. The molecule has 0 spiro atoms. The molecule has 1 fully saturated rings. The number of ether oxygens (including phenoxy) is 2. The van der Waals surface area contributed by atoms with Gasteiger partial charge in [0.1, 0.15) is 0 Å². The minimum atomic E-state index is -0.107. The number of amides is 1. The van der Waals surface area contributed by atoms with Crippen molar-refractivity contribution >= 4 is 28.8 Å². The zero-order valence-corrected chi connectivity index (χ0v) is 21.3. The smallest absolute Gasteiger partial charge is 0.251 e. The lowest BCUT2D eigenvalue weighted by molar-refractivity contribution is 0.0950. The topological polar surface area (TPSA) is 63.7 Å². The van der Waals surface area contributed by atoms with Crippen LogP contribution in [-0.4, -0.2) is 43.1 Å². The summed E-state index contributed by atoms with van der Waals surface area (Å²) in [6.45, 7) is 5.24. The normalized spacial score (nSPS) is 14.7. The van der Waals surface area contributed by atoms with Gasteiger partial charge >= 0.3 is 0 Å². The Hall–Kier alpha value is -2.61. The highest BCUT2D eigenvalue weighted by atomic mass is 35.5. The van der Waals surface area contributed by atoms with Crippen LogP contribution >= 0.6 is 22.9 Å². The molecule has 180 valence electrons. The molecule has 0 aliphatic carbocycles. The molecular weight excluding hydrogens is 470 g/mol. The summed E-state index contributed by atoms with van der Waals surface area (Å²) in [5.74, 6) is 1.81. The van der Waals surface area contributed by atoms with Crippen molar-refractivity contribution in [3.05, 3.63) is 74.2 Å². The van der Waals surface area contributed by atoms with Gasteiger partial charge in [-0.05, 0) is 68.2 Å². The fourth-order valence-electron chi connectivity index (χ4n) is 4.46. The molecule has 1 N–H and O–H groups in total. The van der Waals surface area contributed by atoms with Crippen LogP contribution in [0.25, 0.3) is 0 Å². The molecule has 0 bridgehead atoms. The molecule has 0 atom stereocenters. The number of nitrogens with one attached hydrogen (secondary N) is 1. The summed E-state index contributed by atoms with van der Waals surface area (Å²) >= 11 is 7.78. The first-order valence-electron chi connectivity index (χ1n) is 11.4. The predicted octanol–water partition coefficient (Wildman–Crippen LogP) is 5.43. The lowest BCUT2D eigenvalue weighted by atomic mass is 9.92. The van der Waals surface area contributed by atoms with Crippen molar-refractivity contribution in [3.63, 3.8) is 0 Å². The van der Waals surface area contributed by atoms with Gasteiger partial charge in [-0.15, -0.1) is 11.3 Å². The highest BCUT2D eigenvalue weighted by Crippen LogP contribution is 2.33. The van der Waals surface area contributed by atoms with Gasteiger partial charge in [0, 0.05) is 27.9 Å². The average molecular weight is 500 g/mol. The number of hydrogen-bond donors (Lipinski definition) is 1. The fourth-order valence-corrected chi connectivity index (χ4v) is 5.42. The van der Waals surface area contributed by atoms with Crippen molar-refractivity contribution < 1.29 is 14.3 Å². The molecule has 2 heterocycles. The third-order valence-electron chi connectivity index (χ3n) is 6.42. The molecule has 4 rings (SSSR count). The monoisotopic (exact) mass is 499 g/mol. The number of hydrogen-bond acceptors (Lipinski definition) is 6. The molecular formula is C26H30ClN3O3S. The Kier molecular flexibility index (Phi) is 8.08. The second-order valence-electron chi connectivity index (χ2n) is 8.50. The van der Waals surface area contributed by atoms with E-state index in [4.69, 9.17) is 21.1 Å². The minimum absolute atomic E-state index is 0.107. The van der Waals surface area contributed by atoms with E-state index in [2.05, 4.69) is 21.3 Å². The van der Waals surface area contributed by atoms with Gasteiger partial charge in [0.2, 0.25) is 0 Å². The van der Waals surface area contributed by atoms with Crippen LogP contribution in [0.5, 0.6) is 11.5 Å². The molecule has 3 aromatic rings. The maximum absolute atomic E-state index is 12.7. The molecule has 0 radical (unpaired) electrons. The van der Waals surface area contributed by atoms with Crippen molar-refractivity contribution in [2.24, 2.45) is 0 Å². The Morgan fingerprint density at radius 2 is 1.94 bits per heavy atom. The van der Waals surface area contributed by atoms with Crippen LogP contribution < -0.4 is 14.8 Å². The molecule has 1 aliphatic heterocycles. The summed E-state index contributed by atoms with van der Waals surface area (Å²) in [5.41, 5.74) is 5.63. The van der Waals surface area contributed by atoms with E-state index in [0.717, 1.165) is 60.1 Å². The first-order chi connectivity index (χ1) is 16.5.